The van der Waals surface area contributed by atoms with Crippen LogP contribution in [-0.2, 0) is 0 Å². The fourth-order valence-electron chi connectivity index (χ4n) is 1.56. The molecule has 4 heteroatoms. The topological polar surface area (TPSA) is 29.9 Å². The van der Waals surface area contributed by atoms with Crippen molar-refractivity contribution in [2.24, 2.45) is 0 Å². The highest BCUT2D eigenvalue weighted by Crippen LogP contribution is 2.20. The normalized spacial score (nSPS) is 10.4. The SMILES string of the molecule is CCNc1nccn1-c1cccc(SC)c1. The summed E-state index contributed by atoms with van der Waals surface area (Å²) >= 11 is 1.75. The van der Waals surface area contributed by atoms with E-state index in [9.17, 15) is 0 Å². The lowest BCUT2D eigenvalue weighted by Gasteiger charge is -2.09. The zero-order chi connectivity index (χ0) is 11.4. The van der Waals surface area contributed by atoms with Crippen LogP contribution in [0.3, 0.4) is 0 Å². The molecular weight excluding hydrogens is 218 g/mol. The Kier molecular flexibility index (Phi) is 3.51. The van der Waals surface area contributed by atoms with Gasteiger partial charge in [0.15, 0.2) is 0 Å². The Morgan fingerprint density at radius 1 is 1.44 bits per heavy atom. The van der Waals surface area contributed by atoms with Crippen LogP contribution in [0.1, 0.15) is 6.92 Å². The molecular formula is C12H15N3S. The second-order valence-corrected chi connectivity index (χ2v) is 4.23. The van der Waals surface area contributed by atoms with Crippen molar-refractivity contribution in [3.63, 3.8) is 0 Å². The summed E-state index contributed by atoms with van der Waals surface area (Å²) in [7, 11) is 0. The van der Waals surface area contributed by atoms with Gasteiger partial charge in [-0.2, -0.15) is 0 Å². The number of nitrogens with zero attached hydrogens (tertiary/aromatic N) is 2. The van der Waals surface area contributed by atoms with Crippen molar-refractivity contribution in [3.05, 3.63) is 36.7 Å². The molecule has 2 aromatic rings. The number of rotatable bonds is 4. The largest absolute Gasteiger partial charge is 0.356 e. The average molecular weight is 233 g/mol. The minimum atomic E-state index is 0.874. The molecule has 0 unspecified atom stereocenters. The first-order valence-corrected chi connectivity index (χ1v) is 6.49. The second kappa shape index (κ2) is 5.07. The van der Waals surface area contributed by atoms with Crippen LogP contribution in [0.4, 0.5) is 5.95 Å². The van der Waals surface area contributed by atoms with E-state index in [4.69, 9.17) is 0 Å². The lowest BCUT2D eigenvalue weighted by molar-refractivity contribution is 1.02. The van der Waals surface area contributed by atoms with Gasteiger partial charge < -0.3 is 5.32 Å². The van der Waals surface area contributed by atoms with E-state index in [1.807, 2.05) is 12.4 Å². The van der Waals surface area contributed by atoms with Gasteiger partial charge >= 0.3 is 0 Å². The molecule has 2 rings (SSSR count). The van der Waals surface area contributed by atoms with Crippen molar-refractivity contribution >= 4 is 17.7 Å². The van der Waals surface area contributed by atoms with Crippen molar-refractivity contribution in [1.82, 2.24) is 9.55 Å². The predicted molar refractivity (Wildman–Crippen MR) is 69.5 cm³/mol. The molecule has 1 N–H and O–H groups in total. The lowest BCUT2D eigenvalue weighted by atomic mass is 10.3. The van der Waals surface area contributed by atoms with Crippen LogP contribution < -0.4 is 5.32 Å². The summed E-state index contributed by atoms with van der Waals surface area (Å²) in [5.41, 5.74) is 1.14. The lowest BCUT2D eigenvalue weighted by Crippen LogP contribution is -2.04. The van der Waals surface area contributed by atoms with Gasteiger partial charge in [-0.15, -0.1) is 11.8 Å². The zero-order valence-electron chi connectivity index (χ0n) is 9.47. The number of benzene rings is 1. The molecule has 0 spiro atoms. The van der Waals surface area contributed by atoms with E-state index in [0.29, 0.717) is 0 Å². The van der Waals surface area contributed by atoms with Gasteiger partial charge in [-0.3, -0.25) is 4.57 Å². The van der Waals surface area contributed by atoms with E-state index in [2.05, 4.69) is 52.3 Å². The Balaban J connectivity index is 2.37. The van der Waals surface area contributed by atoms with Crippen molar-refractivity contribution in [2.75, 3.05) is 18.1 Å². The smallest absolute Gasteiger partial charge is 0.207 e. The third kappa shape index (κ3) is 2.22. The Labute approximate surface area is 99.9 Å². The first kappa shape index (κ1) is 11.1. The molecule has 0 fully saturated rings. The van der Waals surface area contributed by atoms with Crippen LogP contribution in [0.15, 0.2) is 41.6 Å². The summed E-state index contributed by atoms with van der Waals surface area (Å²) in [4.78, 5) is 5.54. The molecule has 0 atom stereocenters. The molecule has 0 amide bonds. The maximum atomic E-state index is 4.28. The zero-order valence-corrected chi connectivity index (χ0v) is 10.3. The minimum absolute atomic E-state index is 0.874. The van der Waals surface area contributed by atoms with Gasteiger partial charge in [-0.05, 0) is 31.4 Å². The molecule has 0 aliphatic carbocycles. The van der Waals surface area contributed by atoms with Crippen LogP contribution in [0.25, 0.3) is 5.69 Å². The van der Waals surface area contributed by atoms with E-state index in [1.165, 1.54) is 4.90 Å². The molecule has 1 aromatic heterocycles. The van der Waals surface area contributed by atoms with Gasteiger partial charge in [-0.25, -0.2) is 4.98 Å². The monoisotopic (exact) mass is 233 g/mol. The van der Waals surface area contributed by atoms with Crippen molar-refractivity contribution in [2.45, 2.75) is 11.8 Å². The molecule has 0 bridgehead atoms. The minimum Gasteiger partial charge on any atom is -0.356 e. The van der Waals surface area contributed by atoms with E-state index in [0.717, 1.165) is 18.2 Å². The summed E-state index contributed by atoms with van der Waals surface area (Å²) < 4.78 is 2.06. The molecule has 1 heterocycles. The van der Waals surface area contributed by atoms with Gasteiger partial charge in [0.2, 0.25) is 5.95 Å². The maximum Gasteiger partial charge on any atom is 0.207 e. The third-order valence-corrected chi connectivity index (χ3v) is 3.03. The highest BCUT2D eigenvalue weighted by Gasteiger charge is 2.03. The molecule has 84 valence electrons. The van der Waals surface area contributed by atoms with Gasteiger partial charge in [-0.1, -0.05) is 6.07 Å². The molecule has 1 aromatic carbocycles. The van der Waals surface area contributed by atoms with Crippen molar-refractivity contribution in [1.29, 1.82) is 0 Å². The predicted octanol–water partition coefficient (Wildman–Crippen LogP) is 3.03. The first-order chi connectivity index (χ1) is 7.85. The van der Waals surface area contributed by atoms with E-state index in [-0.39, 0.29) is 0 Å². The molecule has 0 aliphatic rings. The Morgan fingerprint density at radius 3 is 3.06 bits per heavy atom. The summed E-state index contributed by atoms with van der Waals surface area (Å²) in [5, 5.41) is 3.24. The van der Waals surface area contributed by atoms with Gasteiger partial charge in [0.25, 0.3) is 0 Å². The summed E-state index contributed by atoms with van der Waals surface area (Å²) in [5.74, 6) is 0.890. The Morgan fingerprint density at radius 2 is 2.31 bits per heavy atom. The second-order valence-electron chi connectivity index (χ2n) is 3.35. The number of aromatic nitrogens is 2. The third-order valence-electron chi connectivity index (χ3n) is 2.31. The van der Waals surface area contributed by atoms with Crippen LogP contribution in [-0.4, -0.2) is 22.4 Å². The number of anilines is 1. The van der Waals surface area contributed by atoms with Crippen LogP contribution in [0.5, 0.6) is 0 Å². The fraction of sp³-hybridized carbons (Fsp3) is 0.250. The summed E-state index contributed by atoms with van der Waals surface area (Å²) in [6, 6.07) is 8.42. The number of thioether (sulfide) groups is 1. The molecule has 0 saturated heterocycles. The summed E-state index contributed by atoms with van der Waals surface area (Å²) in [6.07, 6.45) is 5.86. The van der Waals surface area contributed by atoms with Crippen LogP contribution >= 0.6 is 11.8 Å². The van der Waals surface area contributed by atoms with E-state index in [1.54, 1.807) is 11.8 Å². The van der Waals surface area contributed by atoms with E-state index >= 15 is 0 Å². The van der Waals surface area contributed by atoms with Gasteiger partial charge in [0, 0.05) is 29.5 Å². The molecule has 16 heavy (non-hydrogen) atoms. The Bertz CT molecular complexity index is 465. The van der Waals surface area contributed by atoms with Crippen molar-refractivity contribution < 1.29 is 0 Å². The van der Waals surface area contributed by atoms with Gasteiger partial charge in [0.1, 0.15) is 0 Å². The van der Waals surface area contributed by atoms with Crippen LogP contribution in [0, 0.1) is 0 Å². The molecule has 0 saturated carbocycles. The Hall–Kier alpha value is -1.42. The molecule has 0 aliphatic heterocycles. The van der Waals surface area contributed by atoms with E-state index < -0.39 is 0 Å². The number of hydrogen-bond acceptors (Lipinski definition) is 3. The highest BCUT2D eigenvalue weighted by molar-refractivity contribution is 7.98. The molecule has 0 radical (unpaired) electrons. The first-order valence-electron chi connectivity index (χ1n) is 5.26. The number of imidazole rings is 1. The standard InChI is InChI=1S/C12H15N3S/c1-3-13-12-14-7-8-15(12)10-5-4-6-11(9-10)16-2/h4-9H,3H2,1-2H3,(H,13,14). The summed E-state index contributed by atoms with van der Waals surface area (Å²) in [6.45, 7) is 2.94. The van der Waals surface area contributed by atoms with Crippen LogP contribution in [0.2, 0.25) is 0 Å². The number of nitrogens with one attached hydrogen (secondary N) is 1. The average Bonchev–Trinajstić information content (AvgIpc) is 2.78. The number of hydrogen-bond donors (Lipinski definition) is 1. The highest BCUT2D eigenvalue weighted by atomic mass is 32.2. The maximum absolute atomic E-state index is 4.28. The fourth-order valence-corrected chi connectivity index (χ4v) is 2.01. The van der Waals surface area contributed by atoms with Gasteiger partial charge in [0.05, 0.1) is 0 Å². The van der Waals surface area contributed by atoms with Crippen molar-refractivity contribution in [3.8, 4) is 5.69 Å². The molecule has 3 nitrogen and oxygen atoms in total. The quantitative estimate of drug-likeness (QED) is 0.823.